The second kappa shape index (κ2) is 72.7. The van der Waals surface area contributed by atoms with Crippen molar-refractivity contribution < 1.29 is 75.8 Å². The Labute approximate surface area is 599 Å². The number of rotatable bonds is 69. The molecule has 99 heavy (non-hydrogen) atoms. The Kier molecular flexibility index (Phi) is 69.0. The van der Waals surface area contributed by atoms with Crippen LogP contribution < -0.4 is 0 Å². The van der Waals surface area contributed by atoms with Gasteiger partial charge in [0.05, 0.1) is 26.4 Å². The fraction of sp³-hybridized carbons (Fsp3) is 0.617. The summed E-state index contributed by atoms with van der Waals surface area (Å²) in [5.41, 5.74) is 0. The van der Waals surface area contributed by atoms with Gasteiger partial charge in [-0.1, -0.05) is 262 Å². The van der Waals surface area contributed by atoms with Crippen molar-refractivity contribution in [2.75, 3.05) is 39.6 Å². The van der Waals surface area contributed by atoms with E-state index in [2.05, 4.69) is 191 Å². The van der Waals surface area contributed by atoms with E-state index >= 15 is 0 Å². The van der Waals surface area contributed by atoms with E-state index in [1.165, 1.54) is 19.3 Å². The highest BCUT2D eigenvalue weighted by molar-refractivity contribution is 7.47. The van der Waals surface area contributed by atoms with Crippen LogP contribution in [0.15, 0.2) is 170 Å². The molecule has 0 aliphatic heterocycles. The normalized spacial score (nSPS) is 15.0. The second-order valence-electron chi connectivity index (χ2n) is 24.3. The van der Waals surface area contributed by atoms with Gasteiger partial charge in [-0.15, -0.1) is 0 Å². The first-order valence-electron chi connectivity index (χ1n) is 37.4. The Morgan fingerprint density at radius 1 is 0.293 bits per heavy atom. The van der Waals surface area contributed by atoms with E-state index in [0.29, 0.717) is 19.3 Å². The highest BCUT2D eigenvalue weighted by Gasteiger charge is 2.29. The average Bonchev–Trinajstić information content (AvgIpc) is 2.42. The lowest BCUT2D eigenvalue weighted by Crippen LogP contribution is -2.30. The number of carbonyl (C=O) groups excluding carboxylic acids is 3. The SMILES string of the molecule is CC/C=C\C/C=C\C/C=C\C/C=C\C/C=C\C/C=C\CCCCC(=O)OCC(COP(=O)(O)OCC(O)COP(=O)(O)OCC(O)COC(=O)CCCCCCCCC/C=C\C/C=C\C/C=C\C/C=C\C/C=C\CC)OC(=O)CCCCCCCC/C=C\C/C=C\C/C=C\CCCCC. The molecule has 0 bridgehead atoms. The van der Waals surface area contributed by atoms with E-state index in [4.69, 9.17) is 32.3 Å². The first-order valence-corrected chi connectivity index (χ1v) is 40.4. The minimum absolute atomic E-state index is 0.0732. The number of phosphoric acid groups is 2. The Hall–Kier alpha value is -5.09. The van der Waals surface area contributed by atoms with Crippen molar-refractivity contribution in [3.8, 4) is 0 Å². The predicted molar refractivity (Wildman–Crippen MR) is 408 cm³/mol. The van der Waals surface area contributed by atoms with Crippen LogP contribution in [0.3, 0.4) is 0 Å². The zero-order valence-electron chi connectivity index (χ0n) is 61.1. The molecule has 0 spiro atoms. The molecule has 0 aliphatic rings. The summed E-state index contributed by atoms with van der Waals surface area (Å²) in [6.07, 6.45) is 91.0. The number of allylic oxidation sites excluding steroid dienone is 28. The molecule has 18 heteroatoms. The third-order valence-corrected chi connectivity index (χ3v) is 16.8. The Bertz CT molecular complexity index is 2480. The van der Waals surface area contributed by atoms with E-state index < -0.39 is 91.5 Å². The second-order valence-corrected chi connectivity index (χ2v) is 27.2. The summed E-state index contributed by atoms with van der Waals surface area (Å²) in [5, 5.41) is 20.6. The first-order chi connectivity index (χ1) is 48.2. The molecule has 0 saturated carbocycles. The summed E-state index contributed by atoms with van der Waals surface area (Å²) >= 11 is 0. The van der Waals surface area contributed by atoms with Crippen LogP contribution in [0, 0.1) is 0 Å². The summed E-state index contributed by atoms with van der Waals surface area (Å²) < 4.78 is 61.0. The topological polar surface area (TPSA) is 231 Å². The van der Waals surface area contributed by atoms with Gasteiger partial charge in [0.1, 0.15) is 25.4 Å². The van der Waals surface area contributed by atoms with Gasteiger partial charge in [-0.05, 0) is 154 Å². The molecule has 0 radical (unpaired) electrons. The van der Waals surface area contributed by atoms with Gasteiger partial charge in [-0.25, -0.2) is 9.13 Å². The lowest BCUT2D eigenvalue weighted by atomic mass is 10.1. The summed E-state index contributed by atoms with van der Waals surface area (Å²) in [5.74, 6) is -1.66. The number of ether oxygens (including phenoxy) is 3. The number of aliphatic hydroxyl groups excluding tert-OH is 2. The van der Waals surface area contributed by atoms with Crippen LogP contribution in [-0.2, 0) is 55.8 Å². The van der Waals surface area contributed by atoms with Gasteiger partial charge in [0, 0.05) is 19.3 Å². The number of phosphoric ester groups is 2. The standard InChI is InChI=1S/C81H132O16P2/c1-4-7-10-13-16-19-22-25-28-31-34-36-37-39-42-43-46-49-52-55-58-61-64-67-79(84)91-70-76(82)71-93-98(87,88)94-72-77(83)73-95-99(89,90)96-75-78(97-81(86)69-66-63-60-57-54-51-48-45-40-33-30-27-24-21-18-15-12-9-6-3)74-92-80(85)68-65-62-59-56-53-50-47-44-41-38-35-32-29-26-23-20-17-14-11-8-5-2/h7-8,10-11,16-21,25-30,34-36,38-40,42,44-45,47,53,56,76-78,82-83H,4-6,9,12-15,22-24,31-33,37,41,43,46,48-52,54-55,57-75H2,1-3H3,(H,87,88)(H,89,90)/b10-7-,11-8-,19-16-,20-17-,21-18-,28-25-,29-26-,30-27-,36-34-,38-35-,42-39-,45-40-,47-44-,56-53-. The molecule has 0 amide bonds. The lowest BCUT2D eigenvalue weighted by molar-refractivity contribution is -0.161. The molecule has 0 fully saturated rings. The maximum atomic E-state index is 13.0. The average molecular weight is 1420 g/mol. The predicted octanol–water partition coefficient (Wildman–Crippen LogP) is 21.6. The molecular formula is C81H132O16P2. The van der Waals surface area contributed by atoms with E-state index in [-0.39, 0.29) is 19.3 Å². The summed E-state index contributed by atoms with van der Waals surface area (Å²) in [4.78, 5) is 58.6. The van der Waals surface area contributed by atoms with Gasteiger partial charge >= 0.3 is 33.6 Å². The molecular weight excluding hydrogens is 1290 g/mol. The van der Waals surface area contributed by atoms with E-state index in [9.17, 15) is 43.5 Å². The molecule has 0 aromatic carbocycles. The molecule has 562 valence electrons. The van der Waals surface area contributed by atoms with Gasteiger partial charge in [0.25, 0.3) is 0 Å². The highest BCUT2D eigenvalue weighted by atomic mass is 31.2. The molecule has 0 heterocycles. The van der Waals surface area contributed by atoms with Gasteiger partial charge in [0.15, 0.2) is 6.10 Å². The van der Waals surface area contributed by atoms with Crippen molar-refractivity contribution in [2.24, 2.45) is 0 Å². The van der Waals surface area contributed by atoms with Crippen molar-refractivity contribution in [1.82, 2.24) is 0 Å². The monoisotopic (exact) mass is 1420 g/mol. The van der Waals surface area contributed by atoms with Crippen molar-refractivity contribution >= 4 is 33.6 Å². The minimum atomic E-state index is -4.95. The van der Waals surface area contributed by atoms with Crippen LogP contribution in [0.2, 0.25) is 0 Å². The molecule has 0 saturated heterocycles. The molecule has 0 aromatic heterocycles. The van der Waals surface area contributed by atoms with Crippen LogP contribution in [0.4, 0.5) is 0 Å². The number of esters is 3. The van der Waals surface area contributed by atoms with Gasteiger partial charge in [-0.2, -0.15) is 0 Å². The van der Waals surface area contributed by atoms with Gasteiger partial charge in [0.2, 0.25) is 0 Å². The zero-order chi connectivity index (χ0) is 72.3. The number of hydrogen-bond donors (Lipinski definition) is 4. The molecule has 5 atom stereocenters. The molecule has 16 nitrogen and oxygen atoms in total. The van der Waals surface area contributed by atoms with E-state index in [1.807, 2.05) is 0 Å². The summed E-state index contributed by atoms with van der Waals surface area (Å²) in [6, 6.07) is 0. The maximum absolute atomic E-state index is 13.0. The van der Waals surface area contributed by atoms with E-state index in [0.717, 1.165) is 186 Å². The van der Waals surface area contributed by atoms with Crippen LogP contribution in [0.5, 0.6) is 0 Å². The first kappa shape index (κ1) is 93.9. The number of carbonyl (C=O) groups is 3. The highest BCUT2D eigenvalue weighted by Crippen LogP contribution is 2.45. The molecule has 0 rings (SSSR count). The fourth-order valence-electron chi connectivity index (χ4n) is 9.25. The Morgan fingerprint density at radius 3 is 0.869 bits per heavy atom. The van der Waals surface area contributed by atoms with Crippen molar-refractivity contribution in [2.45, 2.75) is 283 Å². The number of hydrogen-bond acceptors (Lipinski definition) is 14. The van der Waals surface area contributed by atoms with Crippen molar-refractivity contribution in [3.63, 3.8) is 0 Å². The third kappa shape index (κ3) is 73.9. The van der Waals surface area contributed by atoms with Crippen molar-refractivity contribution in [3.05, 3.63) is 170 Å². The van der Waals surface area contributed by atoms with Crippen LogP contribution in [0.25, 0.3) is 0 Å². The fourth-order valence-corrected chi connectivity index (χ4v) is 10.8. The van der Waals surface area contributed by atoms with Gasteiger partial charge < -0.3 is 34.2 Å². The summed E-state index contributed by atoms with van der Waals surface area (Å²) in [6.45, 7) is 2.32. The number of unbranched alkanes of at least 4 members (excludes halogenated alkanes) is 18. The smallest absolute Gasteiger partial charge is 0.463 e. The Morgan fingerprint density at radius 2 is 0.535 bits per heavy atom. The quantitative estimate of drug-likeness (QED) is 0.0146. The zero-order valence-corrected chi connectivity index (χ0v) is 62.9. The molecule has 0 aliphatic carbocycles. The Balaban J connectivity index is 4.77. The van der Waals surface area contributed by atoms with E-state index in [1.54, 1.807) is 0 Å². The molecule has 0 aromatic rings. The largest absolute Gasteiger partial charge is 0.472 e. The molecule has 4 N–H and O–H groups in total. The maximum Gasteiger partial charge on any atom is 0.472 e. The van der Waals surface area contributed by atoms with Crippen LogP contribution in [0.1, 0.15) is 265 Å². The lowest BCUT2D eigenvalue weighted by Gasteiger charge is -2.21. The summed E-state index contributed by atoms with van der Waals surface area (Å²) in [7, 11) is -9.82. The minimum Gasteiger partial charge on any atom is -0.463 e. The van der Waals surface area contributed by atoms with Crippen LogP contribution >= 0.6 is 15.6 Å². The number of aliphatic hydroxyl groups is 2. The van der Waals surface area contributed by atoms with Gasteiger partial charge in [-0.3, -0.25) is 32.5 Å². The van der Waals surface area contributed by atoms with Crippen molar-refractivity contribution in [1.29, 1.82) is 0 Å². The molecule has 5 unspecified atom stereocenters. The third-order valence-electron chi connectivity index (χ3n) is 14.9. The van der Waals surface area contributed by atoms with Crippen LogP contribution in [-0.4, -0.2) is 95.9 Å².